The number of aromatic nitrogens is 2. The number of amides is 1. The number of hydrogen-bond donors (Lipinski definition) is 1. The SMILES string of the molecule is COCCn1nc(C(=O)NC#N)ccc1=O. The molecule has 0 atom stereocenters. The zero-order chi connectivity index (χ0) is 12.0. The Morgan fingerprint density at radius 2 is 2.44 bits per heavy atom. The molecule has 0 radical (unpaired) electrons. The first-order valence-electron chi connectivity index (χ1n) is 4.45. The number of ether oxygens (including phenoxy) is 1. The summed E-state index contributed by atoms with van der Waals surface area (Å²) < 4.78 is 5.90. The molecule has 7 heteroatoms. The molecule has 0 bridgehead atoms. The van der Waals surface area contributed by atoms with Gasteiger partial charge in [0.1, 0.15) is 5.69 Å². The molecule has 0 aliphatic rings. The summed E-state index contributed by atoms with van der Waals surface area (Å²) in [5.74, 6) is -0.645. The van der Waals surface area contributed by atoms with Gasteiger partial charge in [-0.1, -0.05) is 0 Å². The van der Waals surface area contributed by atoms with Crippen LogP contribution in [0.4, 0.5) is 0 Å². The first kappa shape index (κ1) is 11.9. The van der Waals surface area contributed by atoms with Crippen LogP contribution in [0.2, 0.25) is 0 Å². The Labute approximate surface area is 91.3 Å². The van der Waals surface area contributed by atoms with Gasteiger partial charge in [-0.2, -0.15) is 10.4 Å². The largest absolute Gasteiger partial charge is 0.383 e. The molecule has 0 saturated heterocycles. The summed E-state index contributed by atoms with van der Waals surface area (Å²) in [5.41, 5.74) is -0.317. The topological polar surface area (TPSA) is 97.0 Å². The maximum Gasteiger partial charge on any atom is 0.284 e. The van der Waals surface area contributed by atoms with Crippen LogP contribution in [-0.4, -0.2) is 29.4 Å². The number of carbonyl (C=O) groups excluding carboxylic acids is 1. The Bertz CT molecular complexity index is 474. The van der Waals surface area contributed by atoms with Crippen molar-refractivity contribution >= 4 is 5.91 Å². The van der Waals surface area contributed by atoms with Crippen molar-refractivity contribution in [1.29, 1.82) is 5.26 Å². The fourth-order valence-corrected chi connectivity index (χ4v) is 1.02. The summed E-state index contributed by atoms with van der Waals surface area (Å²) in [6, 6.07) is 2.48. The molecule has 7 nitrogen and oxygen atoms in total. The highest BCUT2D eigenvalue weighted by Gasteiger charge is 2.08. The number of methoxy groups -OCH3 is 1. The molecule has 84 valence electrons. The van der Waals surface area contributed by atoms with Gasteiger partial charge in [-0.3, -0.25) is 14.9 Å². The molecule has 0 aromatic carbocycles. The Morgan fingerprint density at radius 3 is 3.06 bits per heavy atom. The standard InChI is InChI=1S/C9H10N4O3/c1-16-5-4-13-8(14)3-2-7(12-13)9(15)11-6-10/h2-3H,4-5H2,1H3,(H,11,15). The molecule has 0 spiro atoms. The molecule has 1 rings (SSSR count). The predicted molar refractivity (Wildman–Crippen MR) is 53.5 cm³/mol. The van der Waals surface area contributed by atoms with Crippen LogP contribution in [0.15, 0.2) is 16.9 Å². The minimum atomic E-state index is -0.645. The van der Waals surface area contributed by atoms with Gasteiger partial charge in [-0.05, 0) is 6.07 Å². The Kier molecular flexibility index (Phi) is 4.17. The molecule has 0 unspecified atom stereocenters. The molecule has 0 fully saturated rings. The lowest BCUT2D eigenvalue weighted by Crippen LogP contribution is -2.28. The van der Waals surface area contributed by atoms with Crippen molar-refractivity contribution in [1.82, 2.24) is 15.1 Å². The fraction of sp³-hybridized carbons (Fsp3) is 0.333. The number of hydrogen-bond acceptors (Lipinski definition) is 5. The lowest BCUT2D eigenvalue weighted by Gasteiger charge is -2.04. The molecule has 0 aliphatic heterocycles. The molecular weight excluding hydrogens is 212 g/mol. The van der Waals surface area contributed by atoms with Crippen LogP contribution in [-0.2, 0) is 11.3 Å². The molecule has 0 aliphatic carbocycles. The van der Waals surface area contributed by atoms with Crippen molar-refractivity contribution in [3.63, 3.8) is 0 Å². The van der Waals surface area contributed by atoms with E-state index in [0.717, 1.165) is 4.68 Å². The summed E-state index contributed by atoms with van der Waals surface area (Å²) in [7, 11) is 1.50. The van der Waals surface area contributed by atoms with E-state index in [1.165, 1.54) is 25.4 Å². The van der Waals surface area contributed by atoms with E-state index in [1.54, 1.807) is 0 Å². The third-order valence-electron chi connectivity index (χ3n) is 1.78. The van der Waals surface area contributed by atoms with Crippen LogP contribution in [0.25, 0.3) is 0 Å². The minimum Gasteiger partial charge on any atom is -0.383 e. The molecule has 1 amide bonds. The molecule has 1 aromatic rings. The van der Waals surface area contributed by atoms with Gasteiger partial charge in [0, 0.05) is 13.2 Å². The molecule has 1 N–H and O–H groups in total. The van der Waals surface area contributed by atoms with Gasteiger partial charge >= 0.3 is 0 Å². The second kappa shape index (κ2) is 5.63. The molecule has 16 heavy (non-hydrogen) atoms. The highest BCUT2D eigenvalue weighted by atomic mass is 16.5. The average Bonchev–Trinajstić information content (AvgIpc) is 2.28. The Morgan fingerprint density at radius 1 is 1.69 bits per heavy atom. The molecule has 0 saturated carbocycles. The summed E-state index contributed by atoms with van der Waals surface area (Å²) in [4.78, 5) is 22.5. The minimum absolute atomic E-state index is 0.0113. The van der Waals surface area contributed by atoms with E-state index in [1.807, 2.05) is 5.32 Å². The zero-order valence-corrected chi connectivity index (χ0v) is 8.64. The van der Waals surface area contributed by atoms with E-state index in [9.17, 15) is 9.59 Å². The fourth-order valence-electron chi connectivity index (χ4n) is 1.02. The van der Waals surface area contributed by atoms with Gasteiger partial charge in [-0.25, -0.2) is 4.68 Å². The van der Waals surface area contributed by atoms with Crippen LogP contribution in [0.3, 0.4) is 0 Å². The molecular formula is C9H10N4O3. The summed E-state index contributed by atoms with van der Waals surface area (Å²) in [6.07, 6.45) is 1.49. The normalized spacial score (nSPS) is 9.50. The first-order chi connectivity index (χ1) is 7.69. The Balaban J connectivity index is 2.94. The van der Waals surface area contributed by atoms with Crippen LogP contribution >= 0.6 is 0 Å². The van der Waals surface area contributed by atoms with Gasteiger partial charge in [0.15, 0.2) is 6.19 Å². The van der Waals surface area contributed by atoms with E-state index in [-0.39, 0.29) is 17.8 Å². The van der Waals surface area contributed by atoms with Crippen molar-refractivity contribution in [3.8, 4) is 6.19 Å². The number of nitrogens with one attached hydrogen (secondary N) is 1. The number of nitrogens with zero attached hydrogens (tertiary/aromatic N) is 3. The number of nitriles is 1. The lowest BCUT2D eigenvalue weighted by molar-refractivity contribution is 0.0964. The van der Waals surface area contributed by atoms with Crippen molar-refractivity contribution in [2.24, 2.45) is 0 Å². The van der Waals surface area contributed by atoms with Crippen LogP contribution in [0.5, 0.6) is 0 Å². The summed E-state index contributed by atoms with van der Waals surface area (Å²) in [6.45, 7) is 0.569. The quantitative estimate of drug-likeness (QED) is 0.526. The van der Waals surface area contributed by atoms with E-state index in [0.29, 0.717) is 6.61 Å². The van der Waals surface area contributed by atoms with E-state index in [4.69, 9.17) is 10.00 Å². The summed E-state index contributed by atoms with van der Waals surface area (Å²) >= 11 is 0. The first-order valence-corrected chi connectivity index (χ1v) is 4.45. The third-order valence-corrected chi connectivity index (χ3v) is 1.78. The monoisotopic (exact) mass is 222 g/mol. The second-order valence-corrected chi connectivity index (χ2v) is 2.84. The van der Waals surface area contributed by atoms with Gasteiger partial charge < -0.3 is 4.74 Å². The van der Waals surface area contributed by atoms with E-state index < -0.39 is 5.91 Å². The van der Waals surface area contributed by atoms with Crippen LogP contribution < -0.4 is 10.9 Å². The van der Waals surface area contributed by atoms with Gasteiger partial charge in [0.05, 0.1) is 13.2 Å². The lowest BCUT2D eigenvalue weighted by atomic mass is 10.4. The van der Waals surface area contributed by atoms with Gasteiger partial charge in [0.25, 0.3) is 11.5 Å². The molecule has 1 heterocycles. The highest BCUT2D eigenvalue weighted by Crippen LogP contribution is 1.90. The average molecular weight is 222 g/mol. The van der Waals surface area contributed by atoms with Gasteiger partial charge in [0.2, 0.25) is 0 Å². The summed E-state index contributed by atoms with van der Waals surface area (Å²) in [5, 5.41) is 14.0. The van der Waals surface area contributed by atoms with Crippen molar-refractivity contribution < 1.29 is 9.53 Å². The van der Waals surface area contributed by atoms with Crippen molar-refractivity contribution in [3.05, 3.63) is 28.2 Å². The Hall–Kier alpha value is -2.20. The number of carbonyl (C=O) groups is 1. The maximum atomic E-state index is 11.3. The van der Waals surface area contributed by atoms with Crippen LogP contribution in [0, 0.1) is 11.5 Å². The second-order valence-electron chi connectivity index (χ2n) is 2.84. The maximum absolute atomic E-state index is 11.3. The van der Waals surface area contributed by atoms with E-state index >= 15 is 0 Å². The third kappa shape index (κ3) is 2.90. The number of rotatable bonds is 4. The van der Waals surface area contributed by atoms with Gasteiger partial charge in [-0.15, -0.1) is 0 Å². The van der Waals surface area contributed by atoms with E-state index in [2.05, 4.69) is 5.10 Å². The van der Waals surface area contributed by atoms with Crippen molar-refractivity contribution in [2.45, 2.75) is 6.54 Å². The molecule has 1 aromatic heterocycles. The smallest absolute Gasteiger partial charge is 0.284 e. The zero-order valence-electron chi connectivity index (χ0n) is 8.64. The predicted octanol–water partition coefficient (Wildman–Crippen LogP) is -0.899. The van der Waals surface area contributed by atoms with Crippen molar-refractivity contribution in [2.75, 3.05) is 13.7 Å². The highest BCUT2D eigenvalue weighted by molar-refractivity contribution is 5.92. The van der Waals surface area contributed by atoms with Crippen LogP contribution in [0.1, 0.15) is 10.5 Å².